The fraction of sp³-hybridized carbons (Fsp3) is 0.500. The van der Waals surface area contributed by atoms with Gasteiger partial charge < -0.3 is 4.90 Å². The summed E-state index contributed by atoms with van der Waals surface area (Å²) in [4.78, 5) is 6.69. The van der Waals surface area contributed by atoms with Crippen molar-refractivity contribution in [3.8, 4) is 0 Å². The summed E-state index contributed by atoms with van der Waals surface area (Å²) in [7, 11) is -3.19. The summed E-state index contributed by atoms with van der Waals surface area (Å²) < 4.78 is 39.2. The number of sulfonamides is 1. The van der Waals surface area contributed by atoms with Crippen molar-refractivity contribution in [3.05, 3.63) is 35.8 Å². The Kier molecular flexibility index (Phi) is 4.97. The van der Waals surface area contributed by atoms with Gasteiger partial charge in [-0.25, -0.2) is 12.8 Å². The van der Waals surface area contributed by atoms with Crippen molar-refractivity contribution in [2.75, 3.05) is 30.8 Å². The summed E-state index contributed by atoms with van der Waals surface area (Å²) >= 11 is 0. The second kappa shape index (κ2) is 6.88. The molecule has 1 saturated heterocycles. The zero-order valence-corrected chi connectivity index (χ0v) is 15.7. The van der Waals surface area contributed by atoms with Gasteiger partial charge in [0, 0.05) is 42.4 Å². The van der Waals surface area contributed by atoms with Crippen molar-refractivity contribution in [1.82, 2.24) is 9.29 Å². The maximum atomic E-state index is 13.7. The van der Waals surface area contributed by atoms with Crippen LogP contribution in [-0.2, 0) is 10.0 Å². The minimum atomic E-state index is -3.19. The first-order valence-electron chi connectivity index (χ1n) is 8.58. The first kappa shape index (κ1) is 18.1. The van der Waals surface area contributed by atoms with E-state index in [0.717, 1.165) is 48.2 Å². The van der Waals surface area contributed by atoms with Crippen LogP contribution in [0.4, 0.5) is 10.1 Å². The van der Waals surface area contributed by atoms with Crippen molar-refractivity contribution in [2.24, 2.45) is 0 Å². The number of benzene rings is 1. The lowest BCUT2D eigenvalue weighted by Gasteiger charge is -2.38. The highest BCUT2D eigenvalue weighted by Crippen LogP contribution is 2.31. The molecule has 0 aliphatic carbocycles. The van der Waals surface area contributed by atoms with Crippen molar-refractivity contribution >= 4 is 26.6 Å². The van der Waals surface area contributed by atoms with Crippen molar-refractivity contribution in [1.29, 1.82) is 0 Å². The quantitative estimate of drug-likeness (QED) is 0.836. The summed E-state index contributed by atoms with van der Waals surface area (Å²) in [6, 6.07) is 6.67. The Balaban J connectivity index is 1.86. The molecule has 0 amide bonds. The van der Waals surface area contributed by atoms with E-state index in [9.17, 15) is 12.8 Å². The average molecular weight is 365 g/mol. The summed E-state index contributed by atoms with van der Waals surface area (Å²) in [5.74, 6) is -0.275. The van der Waals surface area contributed by atoms with E-state index in [2.05, 4.69) is 9.88 Å². The highest BCUT2D eigenvalue weighted by molar-refractivity contribution is 7.88. The molecule has 2 heterocycles. The molecular weight excluding hydrogens is 341 g/mol. The number of halogens is 1. The number of rotatable bonds is 4. The summed E-state index contributed by atoms with van der Waals surface area (Å²) in [6.07, 6.45) is 2.80. The van der Waals surface area contributed by atoms with Crippen LogP contribution in [0.25, 0.3) is 10.9 Å². The number of anilines is 1. The molecule has 1 aliphatic heterocycles. The topological polar surface area (TPSA) is 53.5 Å². The Morgan fingerprint density at radius 1 is 1.28 bits per heavy atom. The van der Waals surface area contributed by atoms with E-state index in [-0.39, 0.29) is 11.9 Å². The molecule has 0 bridgehead atoms. The van der Waals surface area contributed by atoms with Gasteiger partial charge in [0.15, 0.2) is 0 Å². The lowest BCUT2D eigenvalue weighted by molar-refractivity contribution is 0.285. The second-order valence-electron chi connectivity index (χ2n) is 6.63. The van der Waals surface area contributed by atoms with E-state index >= 15 is 0 Å². The molecule has 2 aromatic rings. The van der Waals surface area contributed by atoms with Crippen molar-refractivity contribution in [3.63, 3.8) is 0 Å². The lowest BCUT2D eigenvalue weighted by Crippen LogP contribution is -2.47. The molecule has 0 saturated carbocycles. The number of fused-ring (bicyclic) bond motifs is 1. The predicted molar refractivity (Wildman–Crippen MR) is 98.9 cm³/mol. The van der Waals surface area contributed by atoms with E-state index in [4.69, 9.17) is 0 Å². The molecule has 5 nitrogen and oxygen atoms in total. The molecule has 0 N–H and O–H groups in total. The number of aromatic nitrogens is 1. The van der Waals surface area contributed by atoms with Crippen LogP contribution in [0.3, 0.4) is 0 Å². The first-order chi connectivity index (χ1) is 11.8. The Labute approximate surface area is 148 Å². The molecule has 0 atom stereocenters. The largest absolute Gasteiger partial charge is 0.371 e. The summed E-state index contributed by atoms with van der Waals surface area (Å²) in [5, 5.41) is 0.805. The number of hydrogen-bond donors (Lipinski definition) is 0. The molecule has 25 heavy (non-hydrogen) atoms. The van der Waals surface area contributed by atoms with Gasteiger partial charge in [-0.15, -0.1) is 0 Å². The van der Waals surface area contributed by atoms with Crippen LogP contribution in [0.1, 0.15) is 25.5 Å². The maximum Gasteiger partial charge on any atom is 0.211 e. The molecule has 0 spiro atoms. The SMILES string of the molecule is CCN(C1CCN(c2cc(C)nc3ccc(F)cc23)CC1)S(C)(=O)=O. The zero-order chi connectivity index (χ0) is 18.2. The first-order valence-corrected chi connectivity index (χ1v) is 10.4. The van der Waals surface area contributed by atoms with Gasteiger partial charge in [0.25, 0.3) is 0 Å². The van der Waals surface area contributed by atoms with Gasteiger partial charge in [-0.05, 0) is 44.0 Å². The predicted octanol–water partition coefficient (Wildman–Crippen LogP) is 2.93. The maximum absolute atomic E-state index is 13.7. The number of aryl methyl sites for hydroxylation is 1. The lowest BCUT2D eigenvalue weighted by atomic mass is 10.0. The summed E-state index contributed by atoms with van der Waals surface area (Å²) in [6.45, 7) is 5.78. The molecule has 0 radical (unpaired) electrons. The van der Waals surface area contributed by atoms with Crippen LogP contribution in [0.5, 0.6) is 0 Å². The number of piperidine rings is 1. The third-order valence-corrected chi connectivity index (χ3v) is 6.24. The fourth-order valence-corrected chi connectivity index (χ4v) is 4.95. The van der Waals surface area contributed by atoms with E-state index in [1.807, 2.05) is 19.9 Å². The van der Waals surface area contributed by atoms with Crippen LogP contribution >= 0.6 is 0 Å². The van der Waals surface area contributed by atoms with Gasteiger partial charge in [-0.2, -0.15) is 4.31 Å². The van der Waals surface area contributed by atoms with Crippen LogP contribution in [0, 0.1) is 12.7 Å². The Morgan fingerprint density at radius 3 is 2.56 bits per heavy atom. The van der Waals surface area contributed by atoms with E-state index in [1.54, 1.807) is 10.4 Å². The zero-order valence-electron chi connectivity index (χ0n) is 14.9. The normalized spacial score (nSPS) is 16.8. The Bertz CT molecular complexity index is 877. The van der Waals surface area contributed by atoms with Crippen molar-refractivity contribution in [2.45, 2.75) is 32.7 Å². The van der Waals surface area contributed by atoms with E-state index in [1.165, 1.54) is 18.4 Å². The molecular formula is C18H24FN3O2S. The minimum Gasteiger partial charge on any atom is -0.371 e. The number of hydrogen-bond acceptors (Lipinski definition) is 4. The molecule has 1 aromatic heterocycles. The van der Waals surface area contributed by atoms with Gasteiger partial charge in [0.05, 0.1) is 11.8 Å². The highest BCUT2D eigenvalue weighted by atomic mass is 32.2. The summed E-state index contributed by atoms with van der Waals surface area (Å²) in [5.41, 5.74) is 2.65. The minimum absolute atomic E-state index is 0.0298. The van der Waals surface area contributed by atoms with E-state index < -0.39 is 10.0 Å². The van der Waals surface area contributed by atoms with Gasteiger partial charge in [0.1, 0.15) is 5.82 Å². The van der Waals surface area contributed by atoms with Crippen LogP contribution < -0.4 is 4.90 Å². The van der Waals surface area contributed by atoms with E-state index in [0.29, 0.717) is 6.54 Å². The van der Waals surface area contributed by atoms with Crippen LogP contribution in [0.2, 0.25) is 0 Å². The molecule has 136 valence electrons. The fourth-order valence-electron chi connectivity index (χ4n) is 3.73. The van der Waals surface area contributed by atoms with Crippen LogP contribution in [-0.4, -0.2) is 49.6 Å². The average Bonchev–Trinajstić information content (AvgIpc) is 2.54. The molecule has 1 aliphatic rings. The van der Waals surface area contributed by atoms with Gasteiger partial charge in [-0.3, -0.25) is 4.98 Å². The smallest absolute Gasteiger partial charge is 0.211 e. The van der Waals surface area contributed by atoms with Crippen molar-refractivity contribution < 1.29 is 12.8 Å². The van der Waals surface area contributed by atoms with Gasteiger partial charge >= 0.3 is 0 Å². The van der Waals surface area contributed by atoms with Crippen LogP contribution in [0.15, 0.2) is 24.3 Å². The molecule has 1 fully saturated rings. The molecule has 1 aromatic carbocycles. The molecule has 7 heteroatoms. The number of pyridine rings is 1. The second-order valence-corrected chi connectivity index (χ2v) is 8.56. The third kappa shape index (κ3) is 3.77. The highest BCUT2D eigenvalue weighted by Gasteiger charge is 2.29. The Morgan fingerprint density at radius 2 is 1.96 bits per heavy atom. The number of nitrogens with zero attached hydrogens (tertiary/aromatic N) is 3. The monoisotopic (exact) mass is 365 g/mol. The standard InChI is InChI=1S/C18H24FN3O2S/c1-4-22(25(3,23)24)15-7-9-21(10-8-15)18-11-13(2)20-17-6-5-14(19)12-16(17)18/h5-6,11-12,15H,4,7-10H2,1-3H3. The Hall–Kier alpha value is -1.73. The molecule has 3 rings (SSSR count). The third-order valence-electron chi connectivity index (χ3n) is 4.83. The van der Waals surface area contributed by atoms with Gasteiger partial charge in [-0.1, -0.05) is 6.92 Å². The van der Waals surface area contributed by atoms with Gasteiger partial charge in [0.2, 0.25) is 10.0 Å². The molecule has 0 unspecified atom stereocenters.